The van der Waals surface area contributed by atoms with Gasteiger partial charge in [0.2, 0.25) is 0 Å². The Labute approximate surface area is 112 Å². The van der Waals surface area contributed by atoms with Crippen LogP contribution in [0.15, 0.2) is 24.3 Å². The van der Waals surface area contributed by atoms with E-state index in [0.29, 0.717) is 18.0 Å². The second-order valence-electron chi connectivity index (χ2n) is 4.21. The molecule has 0 atom stereocenters. The minimum absolute atomic E-state index is 0.470. The van der Waals surface area contributed by atoms with Crippen molar-refractivity contribution in [2.45, 2.75) is 26.3 Å². The van der Waals surface area contributed by atoms with Gasteiger partial charge in [0.05, 0.1) is 29.8 Å². The van der Waals surface area contributed by atoms with Gasteiger partial charge in [-0.05, 0) is 25.5 Å². The zero-order chi connectivity index (χ0) is 13.1. The van der Waals surface area contributed by atoms with E-state index in [1.54, 1.807) is 0 Å². The van der Waals surface area contributed by atoms with E-state index in [0.717, 1.165) is 22.5 Å². The second-order valence-corrected chi connectivity index (χ2v) is 4.48. The van der Waals surface area contributed by atoms with Crippen molar-refractivity contribution in [3.05, 3.63) is 52.3 Å². The van der Waals surface area contributed by atoms with E-state index < -0.39 is 0 Å². The van der Waals surface area contributed by atoms with Gasteiger partial charge in [0.1, 0.15) is 0 Å². The average molecular weight is 260 g/mol. The van der Waals surface area contributed by atoms with Gasteiger partial charge in [0, 0.05) is 11.3 Å². The Morgan fingerprint density at radius 3 is 2.67 bits per heavy atom. The number of rotatable bonds is 3. The number of hydrogen-bond donors (Lipinski definition) is 0. The van der Waals surface area contributed by atoms with Crippen LogP contribution in [-0.4, -0.2) is 9.78 Å². The van der Waals surface area contributed by atoms with Crippen LogP contribution in [0.1, 0.15) is 28.1 Å². The van der Waals surface area contributed by atoms with Gasteiger partial charge in [0.25, 0.3) is 0 Å². The lowest BCUT2D eigenvalue weighted by Gasteiger charge is -2.06. The van der Waals surface area contributed by atoms with Crippen LogP contribution >= 0.6 is 11.6 Å². The molecule has 18 heavy (non-hydrogen) atoms. The molecule has 0 saturated heterocycles. The van der Waals surface area contributed by atoms with Crippen LogP contribution in [0.3, 0.4) is 0 Å². The molecule has 0 amide bonds. The van der Waals surface area contributed by atoms with Crippen molar-refractivity contribution < 1.29 is 0 Å². The molecule has 0 aliphatic rings. The summed E-state index contributed by atoms with van der Waals surface area (Å²) in [7, 11) is 0. The monoisotopic (exact) mass is 259 g/mol. The summed E-state index contributed by atoms with van der Waals surface area (Å²) >= 11 is 5.91. The fourth-order valence-corrected chi connectivity index (χ4v) is 2.40. The number of hydrogen-bond acceptors (Lipinski definition) is 2. The second kappa shape index (κ2) is 5.24. The summed E-state index contributed by atoms with van der Waals surface area (Å²) in [5.74, 6) is 0.470. The maximum Gasteiger partial charge on any atom is 0.0995 e. The van der Waals surface area contributed by atoms with Gasteiger partial charge in [0.15, 0.2) is 0 Å². The summed E-state index contributed by atoms with van der Waals surface area (Å²) in [4.78, 5) is 0. The van der Waals surface area contributed by atoms with Crippen molar-refractivity contribution in [1.82, 2.24) is 9.78 Å². The fraction of sp³-hybridized carbons (Fsp3) is 0.286. The van der Waals surface area contributed by atoms with Crippen molar-refractivity contribution in [3.63, 3.8) is 0 Å². The highest BCUT2D eigenvalue weighted by molar-refractivity contribution is 6.17. The number of aryl methyl sites for hydroxylation is 1. The Morgan fingerprint density at radius 1 is 1.33 bits per heavy atom. The topological polar surface area (TPSA) is 41.6 Å². The van der Waals surface area contributed by atoms with Gasteiger partial charge < -0.3 is 0 Å². The normalized spacial score (nSPS) is 10.3. The van der Waals surface area contributed by atoms with Crippen LogP contribution in [-0.2, 0) is 12.4 Å². The van der Waals surface area contributed by atoms with Crippen LogP contribution in [0.2, 0.25) is 0 Å². The molecule has 0 unspecified atom stereocenters. The first kappa shape index (κ1) is 12.7. The molecule has 4 heteroatoms. The zero-order valence-electron chi connectivity index (χ0n) is 10.4. The van der Waals surface area contributed by atoms with Crippen LogP contribution in [0, 0.1) is 25.2 Å². The molecule has 2 rings (SSSR count). The molecular weight excluding hydrogens is 246 g/mol. The molecule has 1 heterocycles. The van der Waals surface area contributed by atoms with E-state index in [2.05, 4.69) is 11.2 Å². The average Bonchev–Trinajstić information content (AvgIpc) is 2.65. The zero-order valence-corrected chi connectivity index (χ0v) is 11.2. The molecule has 1 aromatic carbocycles. The highest BCUT2D eigenvalue weighted by Gasteiger charge is 2.11. The number of nitriles is 1. The molecule has 0 bridgehead atoms. The first-order valence-corrected chi connectivity index (χ1v) is 6.27. The number of benzene rings is 1. The lowest BCUT2D eigenvalue weighted by molar-refractivity contribution is 0.657. The van der Waals surface area contributed by atoms with E-state index in [1.807, 2.05) is 42.8 Å². The minimum atomic E-state index is 0.470. The Morgan fingerprint density at radius 2 is 2.06 bits per heavy atom. The minimum Gasteiger partial charge on any atom is -0.265 e. The summed E-state index contributed by atoms with van der Waals surface area (Å²) in [6, 6.07) is 9.78. The number of aromatic nitrogens is 2. The summed E-state index contributed by atoms with van der Waals surface area (Å²) in [6.07, 6.45) is 0. The molecular formula is C14H14ClN3. The van der Waals surface area contributed by atoms with Crippen molar-refractivity contribution in [2.24, 2.45) is 0 Å². The van der Waals surface area contributed by atoms with Crippen molar-refractivity contribution in [2.75, 3.05) is 0 Å². The molecule has 0 spiro atoms. The molecule has 0 saturated carbocycles. The van der Waals surface area contributed by atoms with Gasteiger partial charge in [-0.1, -0.05) is 18.2 Å². The van der Waals surface area contributed by atoms with Gasteiger partial charge in [-0.15, -0.1) is 11.6 Å². The third-order valence-electron chi connectivity index (χ3n) is 3.12. The summed E-state index contributed by atoms with van der Waals surface area (Å²) < 4.78 is 1.91. The Kier molecular flexibility index (Phi) is 3.69. The quantitative estimate of drug-likeness (QED) is 0.795. The van der Waals surface area contributed by atoms with Crippen LogP contribution in [0.5, 0.6) is 0 Å². The molecule has 1 aromatic heterocycles. The largest absolute Gasteiger partial charge is 0.265 e. The SMILES string of the molecule is Cc1nn(Cc2ccccc2C#N)c(C)c1CCl. The first-order chi connectivity index (χ1) is 8.67. The smallest absolute Gasteiger partial charge is 0.0995 e. The molecule has 92 valence electrons. The number of alkyl halides is 1. The highest BCUT2D eigenvalue weighted by Crippen LogP contribution is 2.17. The maximum absolute atomic E-state index is 9.07. The number of nitrogens with zero attached hydrogens (tertiary/aromatic N) is 3. The third kappa shape index (κ3) is 2.25. The Hall–Kier alpha value is -1.79. The lowest BCUT2D eigenvalue weighted by atomic mass is 10.1. The molecule has 0 fully saturated rings. The summed E-state index contributed by atoms with van der Waals surface area (Å²) in [6.45, 7) is 4.57. The fourth-order valence-electron chi connectivity index (χ4n) is 2.01. The first-order valence-electron chi connectivity index (χ1n) is 5.74. The predicted molar refractivity (Wildman–Crippen MR) is 71.5 cm³/mol. The molecule has 0 N–H and O–H groups in total. The third-order valence-corrected chi connectivity index (χ3v) is 3.39. The van der Waals surface area contributed by atoms with Crippen LogP contribution in [0.25, 0.3) is 0 Å². The lowest BCUT2D eigenvalue weighted by Crippen LogP contribution is -2.05. The van der Waals surface area contributed by atoms with E-state index in [9.17, 15) is 0 Å². The molecule has 0 aliphatic heterocycles. The van der Waals surface area contributed by atoms with Crippen molar-refractivity contribution in [1.29, 1.82) is 5.26 Å². The van der Waals surface area contributed by atoms with Crippen molar-refractivity contribution >= 4 is 11.6 Å². The van der Waals surface area contributed by atoms with Crippen molar-refractivity contribution in [3.8, 4) is 6.07 Å². The molecule has 3 nitrogen and oxygen atoms in total. The molecule has 0 aliphatic carbocycles. The maximum atomic E-state index is 9.07. The predicted octanol–water partition coefficient (Wildman–Crippen LogP) is 3.16. The molecule has 2 aromatic rings. The Bertz CT molecular complexity index is 608. The standard InChI is InChI=1S/C14H14ClN3/c1-10-14(7-15)11(2)18(17-10)9-13-6-4-3-5-12(13)8-16/h3-6H,7,9H2,1-2H3. The van der Waals surface area contributed by atoms with E-state index in [-0.39, 0.29) is 0 Å². The summed E-state index contributed by atoms with van der Waals surface area (Å²) in [5, 5.41) is 13.5. The van der Waals surface area contributed by atoms with E-state index in [1.165, 1.54) is 0 Å². The van der Waals surface area contributed by atoms with Gasteiger partial charge in [-0.2, -0.15) is 10.4 Å². The number of halogens is 1. The highest BCUT2D eigenvalue weighted by atomic mass is 35.5. The van der Waals surface area contributed by atoms with Crippen LogP contribution < -0.4 is 0 Å². The van der Waals surface area contributed by atoms with E-state index >= 15 is 0 Å². The summed E-state index contributed by atoms with van der Waals surface area (Å²) in [5.41, 5.74) is 4.77. The molecule has 0 radical (unpaired) electrons. The van der Waals surface area contributed by atoms with Gasteiger partial charge >= 0.3 is 0 Å². The van der Waals surface area contributed by atoms with Gasteiger partial charge in [-0.3, -0.25) is 4.68 Å². The Balaban J connectivity index is 2.38. The van der Waals surface area contributed by atoms with Crippen LogP contribution in [0.4, 0.5) is 0 Å². The van der Waals surface area contributed by atoms with Gasteiger partial charge in [-0.25, -0.2) is 0 Å². The van der Waals surface area contributed by atoms with E-state index in [4.69, 9.17) is 16.9 Å².